The summed E-state index contributed by atoms with van der Waals surface area (Å²) < 4.78 is 10.1. The van der Waals surface area contributed by atoms with Gasteiger partial charge in [0.25, 0.3) is 0 Å². The van der Waals surface area contributed by atoms with E-state index in [4.69, 9.17) is 9.40 Å². The highest BCUT2D eigenvalue weighted by molar-refractivity contribution is 7.10. The Morgan fingerprint density at radius 2 is 2.00 bits per heavy atom. The molecule has 3 heterocycles. The fourth-order valence-electron chi connectivity index (χ4n) is 2.71. The fourth-order valence-corrected chi connectivity index (χ4v) is 3.39. The van der Waals surface area contributed by atoms with Crippen molar-refractivity contribution >= 4 is 33.3 Å². The number of aryl methyl sites for hydroxylation is 2. The highest BCUT2D eigenvalue weighted by Crippen LogP contribution is 2.34. The van der Waals surface area contributed by atoms with Gasteiger partial charge in [-0.15, -0.1) is 0 Å². The largest absolute Gasteiger partial charge is 0.460 e. The number of hydrogen-bond acceptors (Lipinski definition) is 5. The Kier molecular flexibility index (Phi) is 3.78. The molecule has 1 aromatic carbocycles. The average Bonchev–Trinajstić information content (AvgIpc) is 3.21. The van der Waals surface area contributed by atoms with Crippen LogP contribution in [0.3, 0.4) is 0 Å². The van der Waals surface area contributed by atoms with E-state index in [1.54, 1.807) is 6.26 Å². The number of aromatic nitrogens is 2. The second-order valence-corrected chi connectivity index (χ2v) is 6.48. The number of anilines is 2. The molecule has 120 valence electrons. The topological polar surface area (TPSA) is 51.0 Å². The molecule has 0 saturated carbocycles. The molecule has 0 aliphatic heterocycles. The Morgan fingerprint density at radius 1 is 1.17 bits per heavy atom. The molecule has 0 aliphatic carbocycles. The van der Waals surface area contributed by atoms with Crippen molar-refractivity contribution in [2.45, 2.75) is 20.3 Å². The first-order valence-corrected chi connectivity index (χ1v) is 8.69. The quantitative estimate of drug-likeness (QED) is 0.530. The van der Waals surface area contributed by atoms with Gasteiger partial charge in [0.15, 0.2) is 5.58 Å². The Labute approximate surface area is 144 Å². The first-order chi connectivity index (χ1) is 11.7. The Morgan fingerprint density at radius 3 is 2.71 bits per heavy atom. The van der Waals surface area contributed by atoms with Crippen molar-refractivity contribution in [2.24, 2.45) is 0 Å². The van der Waals surface area contributed by atoms with Gasteiger partial charge in [0, 0.05) is 11.1 Å². The van der Waals surface area contributed by atoms with Crippen LogP contribution in [0.2, 0.25) is 0 Å². The van der Waals surface area contributed by atoms with Crippen LogP contribution >= 0.6 is 11.5 Å². The minimum absolute atomic E-state index is 0.789. The van der Waals surface area contributed by atoms with E-state index < -0.39 is 0 Å². The van der Waals surface area contributed by atoms with Crippen LogP contribution in [-0.4, -0.2) is 9.36 Å². The lowest BCUT2D eigenvalue weighted by molar-refractivity contribution is 0.612. The standard InChI is InChI=1S/C19H17N3OS/c1-3-13-11-23-19-16(20-17-9-12(2)22-24-17)10-15(21-18(13)19)14-7-5-4-6-8-14/h4-11H,3H2,1-2H3,(H,20,21). The van der Waals surface area contributed by atoms with Gasteiger partial charge in [-0.25, -0.2) is 4.98 Å². The molecule has 24 heavy (non-hydrogen) atoms. The van der Waals surface area contributed by atoms with Crippen LogP contribution in [0.25, 0.3) is 22.4 Å². The summed E-state index contributed by atoms with van der Waals surface area (Å²) in [5, 5.41) is 4.43. The summed E-state index contributed by atoms with van der Waals surface area (Å²) in [7, 11) is 0. The number of rotatable bonds is 4. The number of benzene rings is 1. The van der Waals surface area contributed by atoms with Crippen LogP contribution in [0, 0.1) is 6.92 Å². The second-order valence-electron chi connectivity index (χ2n) is 5.67. The van der Waals surface area contributed by atoms with Crippen molar-refractivity contribution in [2.75, 3.05) is 5.32 Å². The first kappa shape index (κ1) is 14.9. The number of nitrogens with zero attached hydrogens (tertiary/aromatic N) is 2. The summed E-state index contributed by atoms with van der Waals surface area (Å²) >= 11 is 1.44. The van der Waals surface area contributed by atoms with Crippen LogP contribution in [0.5, 0.6) is 0 Å². The predicted molar refractivity (Wildman–Crippen MR) is 99.0 cm³/mol. The molecule has 0 spiro atoms. The molecular formula is C19H17N3OS. The summed E-state index contributed by atoms with van der Waals surface area (Å²) in [6, 6.07) is 14.3. The van der Waals surface area contributed by atoms with E-state index in [1.165, 1.54) is 11.5 Å². The molecule has 0 bridgehead atoms. The highest BCUT2D eigenvalue weighted by Gasteiger charge is 2.14. The maximum absolute atomic E-state index is 5.80. The normalized spacial score (nSPS) is 11.1. The lowest BCUT2D eigenvalue weighted by atomic mass is 10.1. The lowest BCUT2D eigenvalue weighted by Crippen LogP contribution is -1.93. The van der Waals surface area contributed by atoms with Gasteiger partial charge < -0.3 is 9.73 Å². The molecule has 0 radical (unpaired) electrons. The third kappa shape index (κ3) is 2.67. The van der Waals surface area contributed by atoms with Crippen molar-refractivity contribution in [3.63, 3.8) is 0 Å². The third-order valence-corrected chi connectivity index (χ3v) is 4.73. The van der Waals surface area contributed by atoms with E-state index in [0.717, 1.165) is 50.7 Å². The van der Waals surface area contributed by atoms with Crippen LogP contribution in [0.15, 0.2) is 53.1 Å². The number of furan rings is 1. The average molecular weight is 335 g/mol. The van der Waals surface area contributed by atoms with Crippen LogP contribution in [0.1, 0.15) is 18.2 Å². The number of fused-ring (bicyclic) bond motifs is 1. The lowest BCUT2D eigenvalue weighted by Gasteiger charge is -2.08. The van der Waals surface area contributed by atoms with Crippen molar-refractivity contribution in [3.05, 3.63) is 60.0 Å². The van der Waals surface area contributed by atoms with Crippen LogP contribution in [-0.2, 0) is 6.42 Å². The van der Waals surface area contributed by atoms with Crippen molar-refractivity contribution in [3.8, 4) is 11.3 Å². The fraction of sp³-hybridized carbons (Fsp3) is 0.158. The third-order valence-electron chi connectivity index (χ3n) is 3.93. The van der Waals surface area contributed by atoms with Crippen LogP contribution < -0.4 is 5.32 Å². The second kappa shape index (κ2) is 6.09. The Hall–Kier alpha value is -2.66. The maximum Gasteiger partial charge on any atom is 0.176 e. The van der Waals surface area contributed by atoms with Gasteiger partial charge in [0.05, 0.1) is 23.3 Å². The highest BCUT2D eigenvalue weighted by atomic mass is 32.1. The SMILES string of the molecule is CCc1coc2c(Nc3cc(C)ns3)cc(-c3ccccc3)nc12. The van der Waals surface area contributed by atoms with E-state index in [0.29, 0.717) is 0 Å². The van der Waals surface area contributed by atoms with Crippen molar-refractivity contribution in [1.82, 2.24) is 9.36 Å². The number of nitrogens with one attached hydrogen (secondary N) is 1. The monoisotopic (exact) mass is 335 g/mol. The molecule has 0 atom stereocenters. The van der Waals surface area contributed by atoms with Gasteiger partial charge in [-0.05, 0) is 37.0 Å². The summed E-state index contributed by atoms with van der Waals surface area (Å²) in [5.74, 6) is 0. The Bertz CT molecular complexity index is 988. The smallest absolute Gasteiger partial charge is 0.176 e. The van der Waals surface area contributed by atoms with E-state index in [2.05, 4.69) is 28.7 Å². The molecular weight excluding hydrogens is 318 g/mol. The molecule has 1 N–H and O–H groups in total. The molecule has 0 amide bonds. The van der Waals surface area contributed by atoms with Gasteiger partial charge >= 0.3 is 0 Å². The van der Waals surface area contributed by atoms with Crippen molar-refractivity contribution in [1.29, 1.82) is 0 Å². The van der Waals surface area contributed by atoms with E-state index >= 15 is 0 Å². The van der Waals surface area contributed by atoms with Crippen molar-refractivity contribution < 1.29 is 4.42 Å². The predicted octanol–water partition coefficient (Wildman–Crippen LogP) is 5.57. The molecule has 0 saturated heterocycles. The van der Waals surface area contributed by atoms with Gasteiger partial charge in [-0.1, -0.05) is 37.3 Å². The van der Waals surface area contributed by atoms with Gasteiger partial charge in [0.1, 0.15) is 10.5 Å². The van der Waals surface area contributed by atoms with Gasteiger partial charge in [-0.3, -0.25) is 0 Å². The van der Waals surface area contributed by atoms with E-state index in [9.17, 15) is 0 Å². The molecule has 4 aromatic rings. The van der Waals surface area contributed by atoms with Gasteiger partial charge in [0.2, 0.25) is 0 Å². The minimum Gasteiger partial charge on any atom is -0.460 e. The number of pyridine rings is 1. The molecule has 5 heteroatoms. The first-order valence-electron chi connectivity index (χ1n) is 7.91. The zero-order valence-corrected chi connectivity index (χ0v) is 14.4. The summed E-state index contributed by atoms with van der Waals surface area (Å²) in [6.07, 6.45) is 2.69. The summed E-state index contributed by atoms with van der Waals surface area (Å²) in [5.41, 5.74) is 6.77. The molecule has 4 nitrogen and oxygen atoms in total. The van der Waals surface area contributed by atoms with Gasteiger partial charge in [-0.2, -0.15) is 4.37 Å². The Balaban J connectivity index is 1.88. The maximum atomic E-state index is 5.80. The zero-order valence-electron chi connectivity index (χ0n) is 13.5. The molecule has 0 fully saturated rings. The minimum atomic E-state index is 0.789. The molecule has 0 aliphatic rings. The molecule has 0 unspecified atom stereocenters. The van der Waals surface area contributed by atoms with E-state index in [-0.39, 0.29) is 0 Å². The molecule has 3 aromatic heterocycles. The molecule has 4 rings (SSSR count). The summed E-state index contributed by atoms with van der Waals surface area (Å²) in [4.78, 5) is 4.84. The van der Waals surface area contributed by atoms with E-state index in [1.807, 2.05) is 37.3 Å². The number of hydrogen-bond donors (Lipinski definition) is 1. The van der Waals surface area contributed by atoms with Crippen LogP contribution in [0.4, 0.5) is 10.7 Å². The zero-order chi connectivity index (χ0) is 16.5. The summed E-state index contributed by atoms with van der Waals surface area (Å²) in [6.45, 7) is 4.10.